The van der Waals surface area contributed by atoms with Crippen molar-refractivity contribution in [2.75, 3.05) is 39.7 Å². The molecule has 1 aromatic rings. The highest BCUT2D eigenvalue weighted by molar-refractivity contribution is 7.79. The molecule has 1 rings (SSSR count). The first-order valence-corrected chi connectivity index (χ1v) is 8.44. The number of nitrogens with one attached hydrogen (secondary N) is 2. The maximum Gasteiger partial charge on any atom is 0.209 e. The van der Waals surface area contributed by atoms with E-state index in [0.717, 1.165) is 5.71 Å². The predicted molar refractivity (Wildman–Crippen MR) is 111 cm³/mol. The van der Waals surface area contributed by atoms with Gasteiger partial charge < -0.3 is 19.5 Å². The van der Waals surface area contributed by atoms with Crippen molar-refractivity contribution in [2.45, 2.75) is 13.3 Å². The van der Waals surface area contributed by atoms with Gasteiger partial charge in [-0.2, -0.15) is 5.26 Å². The van der Waals surface area contributed by atoms with Crippen LogP contribution in [0.1, 0.15) is 13.3 Å². The van der Waals surface area contributed by atoms with Gasteiger partial charge in [0.1, 0.15) is 0 Å². The lowest BCUT2D eigenvalue weighted by atomic mass is 10.2. The zero-order valence-corrected chi connectivity index (χ0v) is 16.7. The Morgan fingerprint density at radius 1 is 1.15 bits per heavy atom. The first kappa shape index (κ1) is 22.1. The van der Waals surface area contributed by atoms with Crippen molar-refractivity contribution in [1.29, 1.82) is 5.26 Å². The average molecular weight is 392 g/mol. The Morgan fingerprint density at radius 2 is 1.78 bits per heavy atom. The molecule has 0 aliphatic carbocycles. The smallest absolute Gasteiger partial charge is 0.209 e. The Bertz CT molecular complexity index is 718. The molecule has 0 saturated carbocycles. The maximum atomic E-state index is 8.94. The van der Waals surface area contributed by atoms with Crippen LogP contribution in [-0.4, -0.2) is 52.3 Å². The van der Waals surface area contributed by atoms with Crippen LogP contribution < -0.4 is 24.8 Å². The van der Waals surface area contributed by atoms with Crippen molar-refractivity contribution in [3.8, 4) is 23.4 Å². The number of thiol groups is 1. The summed E-state index contributed by atoms with van der Waals surface area (Å²) in [5, 5.41) is 14.5. The van der Waals surface area contributed by atoms with Gasteiger partial charge in [0.25, 0.3) is 0 Å². The van der Waals surface area contributed by atoms with E-state index in [9.17, 15) is 0 Å². The summed E-state index contributed by atoms with van der Waals surface area (Å²) in [5.41, 5.74) is 1.42. The van der Waals surface area contributed by atoms with Gasteiger partial charge in [-0.25, -0.2) is 4.40 Å². The first-order valence-electron chi connectivity index (χ1n) is 8.04. The molecule has 0 spiro atoms. The van der Waals surface area contributed by atoms with Crippen LogP contribution >= 0.6 is 12.8 Å². The minimum atomic E-state index is 0.310. The Hall–Kier alpha value is -2.93. The molecule has 0 amide bonds. The Balaban J connectivity index is 2.84. The van der Waals surface area contributed by atoms with Gasteiger partial charge in [0, 0.05) is 30.9 Å². The molecule has 146 valence electrons. The number of methoxy groups -OCH3 is 3. The second kappa shape index (κ2) is 12.4. The monoisotopic (exact) mass is 392 g/mol. The van der Waals surface area contributed by atoms with E-state index in [4.69, 9.17) is 19.5 Å². The van der Waals surface area contributed by atoms with Crippen LogP contribution in [0.25, 0.3) is 0 Å². The Labute approximate surface area is 164 Å². The number of aliphatic imine (C=N–C) groups is 2. The minimum absolute atomic E-state index is 0.310. The van der Waals surface area contributed by atoms with Crippen LogP contribution in [0.2, 0.25) is 0 Å². The van der Waals surface area contributed by atoms with Crippen molar-refractivity contribution in [3.63, 3.8) is 0 Å². The summed E-state index contributed by atoms with van der Waals surface area (Å²) < 4.78 is 19.5. The highest BCUT2D eigenvalue weighted by Crippen LogP contribution is 2.39. The van der Waals surface area contributed by atoms with E-state index in [-0.39, 0.29) is 0 Å². The summed E-state index contributed by atoms with van der Waals surface area (Å²) in [5.74, 6) is 1.78. The van der Waals surface area contributed by atoms with Crippen molar-refractivity contribution >= 4 is 36.4 Å². The minimum Gasteiger partial charge on any atom is -0.493 e. The van der Waals surface area contributed by atoms with Gasteiger partial charge in [0.15, 0.2) is 17.7 Å². The summed E-state index contributed by atoms with van der Waals surface area (Å²) in [6.07, 6.45) is 4.14. The third-order valence-corrected chi connectivity index (χ3v) is 3.41. The molecular formula is C17H24N6O3S. The molecule has 27 heavy (non-hydrogen) atoms. The number of nitrogens with zero attached hydrogens (tertiary/aromatic N) is 4. The van der Waals surface area contributed by atoms with Gasteiger partial charge in [0.05, 0.1) is 33.3 Å². The van der Waals surface area contributed by atoms with Gasteiger partial charge in [-0.05, 0) is 26.2 Å². The van der Waals surface area contributed by atoms with Gasteiger partial charge in [-0.3, -0.25) is 15.3 Å². The molecule has 0 radical (unpaired) electrons. The van der Waals surface area contributed by atoms with Crippen LogP contribution in [0, 0.1) is 11.5 Å². The van der Waals surface area contributed by atoms with Crippen LogP contribution in [-0.2, 0) is 0 Å². The number of ether oxygens (including phenoxy) is 3. The number of benzene rings is 1. The molecular weight excluding hydrogens is 368 g/mol. The van der Waals surface area contributed by atoms with Crippen molar-refractivity contribution in [1.82, 2.24) is 5.32 Å². The summed E-state index contributed by atoms with van der Waals surface area (Å²) >= 11 is 3.76. The van der Waals surface area contributed by atoms with Gasteiger partial charge in [-0.1, -0.05) is 0 Å². The standard InChI is InChI=1S/C17H24N6O3S/c1-12(10-22-27)19-6-5-7-20-17(21-11-18)23-13-8-14(24-2)16(26-4)15(9-13)25-3/h8-10,27H,5-7H2,1-4H3,(H2,20,21,23). The van der Waals surface area contributed by atoms with Gasteiger partial charge >= 0.3 is 0 Å². The molecule has 0 aliphatic rings. The SMILES string of the molecule is COc1cc(NC(=NCCCN=C(C)C=NS)NC#N)cc(OC)c1OC. The molecule has 0 fully saturated rings. The topological polar surface area (TPSA) is 113 Å². The third-order valence-electron chi connectivity index (χ3n) is 3.29. The van der Waals surface area contributed by atoms with Gasteiger partial charge in [-0.15, -0.1) is 0 Å². The zero-order valence-electron chi connectivity index (χ0n) is 15.8. The largest absolute Gasteiger partial charge is 0.493 e. The van der Waals surface area contributed by atoms with E-state index < -0.39 is 0 Å². The fourth-order valence-electron chi connectivity index (χ4n) is 2.09. The number of hydrogen-bond donors (Lipinski definition) is 3. The first-order chi connectivity index (χ1) is 13.1. The molecule has 0 bridgehead atoms. The van der Waals surface area contributed by atoms with E-state index in [1.807, 2.05) is 13.1 Å². The molecule has 0 aromatic heterocycles. The number of anilines is 1. The summed E-state index contributed by atoms with van der Waals surface area (Å²) in [6.45, 7) is 2.92. The summed E-state index contributed by atoms with van der Waals surface area (Å²) in [7, 11) is 4.60. The van der Waals surface area contributed by atoms with Crippen LogP contribution in [0.3, 0.4) is 0 Å². The lowest BCUT2D eigenvalue weighted by Crippen LogP contribution is -2.27. The fraction of sp³-hybridized carbons (Fsp3) is 0.412. The molecule has 0 unspecified atom stereocenters. The summed E-state index contributed by atoms with van der Waals surface area (Å²) in [6, 6.07) is 3.45. The third kappa shape index (κ3) is 7.45. The van der Waals surface area contributed by atoms with Crippen LogP contribution in [0.4, 0.5) is 5.69 Å². The van der Waals surface area contributed by atoms with E-state index in [2.05, 4.69) is 37.8 Å². The molecule has 0 aliphatic heterocycles. The van der Waals surface area contributed by atoms with Crippen LogP contribution in [0.5, 0.6) is 17.2 Å². The summed E-state index contributed by atoms with van der Waals surface area (Å²) in [4.78, 5) is 8.65. The van der Waals surface area contributed by atoms with Crippen molar-refractivity contribution < 1.29 is 14.2 Å². The Kier molecular flexibility index (Phi) is 10.2. The molecule has 2 N–H and O–H groups in total. The van der Waals surface area contributed by atoms with Crippen molar-refractivity contribution in [2.24, 2.45) is 14.4 Å². The lowest BCUT2D eigenvalue weighted by molar-refractivity contribution is 0.324. The van der Waals surface area contributed by atoms with E-state index in [0.29, 0.717) is 48.4 Å². The molecule has 1 aromatic carbocycles. The number of hydrogen-bond acceptors (Lipinski definition) is 8. The normalized spacial score (nSPS) is 11.9. The zero-order chi connectivity index (χ0) is 20.1. The van der Waals surface area contributed by atoms with E-state index >= 15 is 0 Å². The molecule has 0 heterocycles. The van der Waals surface area contributed by atoms with Crippen LogP contribution in [0.15, 0.2) is 26.5 Å². The Morgan fingerprint density at radius 3 is 2.30 bits per heavy atom. The highest BCUT2D eigenvalue weighted by Gasteiger charge is 2.14. The van der Waals surface area contributed by atoms with Gasteiger partial charge in [0.2, 0.25) is 11.7 Å². The predicted octanol–water partition coefficient (Wildman–Crippen LogP) is 2.32. The highest BCUT2D eigenvalue weighted by atomic mass is 32.1. The van der Waals surface area contributed by atoms with E-state index in [1.54, 1.807) is 18.3 Å². The second-order valence-electron chi connectivity index (χ2n) is 5.13. The molecule has 0 saturated heterocycles. The molecule has 10 heteroatoms. The maximum absolute atomic E-state index is 8.94. The van der Waals surface area contributed by atoms with E-state index in [1.165, 1.54) is 21.3 Å². The fourth-order valence-corrected chi connectivity index (χ4v) is 2.26. The number of nitriles is 1. The molecule has 9 nitrogen and oxygen atoms in total. The average Bonchev–Trinajstić information content (AvgIpc) is 2.67. The quantitative estimate of drug-likeness (QED) is 0.148. The number of rotatable bonds is 9. The lowest BCUT2D eigenvalue weighted by Gasteiger charge is -2.15. The molecule has 0 atom stereocenters. The van der Waals surface area contributed by atoms with Crippen molar-refractivity contribution in [3.05, 3.63) is 12.1 Å². The number of guanidine groups is 1. The second-order valence-corrected chi connectivity index (χ2v) is 5.36.